The number of halogens is 2. The first-order valence-electron chi connectivity index (χ1n) is 6.42. The van der Waals surface area contributed by atoms with E-state index in [1.54, 1.807) is 0 Å². The summed E-state index contributed by atoms with van der Waals surface area (Å²) in [5, 5.41) is 3.37. The highest BCUT2D eigenvalue weighted by atomic mass is 79.9. The van der Waals surface area contributed by atoms with Gasteiger partial charge in [0.25, 0.3) is 5.91 Å². The SMILES string of the molecule is CN(C(=O)c1ccccc1Br)C1CCCNCC1.Cl. The molecule has 0 saturated carbocycles. The summed E-state index contributed by atoms with van der Waals surface area (Å²) in [5.74, 6) is 0.106. The summed E-state index contributed by atoms with van der Waals surface area (Å²) in [5.41, 5.74) is 0.747. The molecule has 1 unspecified atom stereocenters. The van der Waals surface area contributed by atoms with Crippen LogP contribution in [0, 0.1) is 0 Å². The third kappa shape index (κ3) is 4.20. The fourth-order valence-electron chi connectivity index (χ4n) is 2.38. The molecule has 0 aromatic heterocycles. The molecule has 5 heteroatoms. The second-order valence-corrected chi connectivity index (χ2v) is 5.58. The highest BCUT2D eigenvalue weighted by Crippen LogP contribution is 2.20. The molecular weight excluding hydrogens is 328 g/mol. The lowest BCUT2D eigenvalue weighted by molar-refractivity contribution is 0.0719. The van der Waals surface area contributed by atoms with Crippen LogP contribution in [0.5, 0.6) is 0 Å². The highest BCUT2D eigenvalue weighted by molar-refractivity contribution is 9.10. The van der Waals surface area contributed by atoms with Crippen molar-refractivity contribution in [1.82, 2.24) is 10.2 Å². The van der Waals surface area contributed by atoms with Crippen molar-refractivity contribution in [3.63, 3.8) is 0 Å². The number of rotatable bonds is 2. The predicted molar refractivity (Wildman–Crippen MR) is 84.0 cm³/mol. The van der Waals surface area contributed by atoms with Crippen molar-refractivity contribution in [2.75, 3.05) is 20.1 Å². The fourth-order valence-corrected chi connectivity index (χ4v) is 2.83. The summed E-state index contributed by atoms with van der Waals surface area (Å²) in [6.45, 7) is 2.06. The number of carbonyl (C=O) groups excluding carboxylic acids is 1. The van der Waals surface area contributed by atoms with Crippen LogP contribution in [0.1, 0.15) is 29.6 Å². The Morgan fingerprint density at radius 3 is 2.79 bits per heavy atom. The topological polar surface area (TPSA) is 32.3 Å². The van der Waals surface area contributed by atoms with Crippen molar-refractivity contribution in [3.8, 4) is 0 Å². The molecule has 1 atom stereocenters. The number of nitrogens with zero attached hydrogens (tertiary/aromatic N) is 1. The minimum atomic E-state index is 0. The Balaban J connectivity index is 0.00000180. The number of amides is 1. The maximum Gasteiger partial charge on any atom is 0.254 e. The van der Waals surface area contributed by atoms with Crippen LogP contribution in [0.4, 0.5) is 0 Å². The van der Waals surface area contributed by atoms with E-state index in [9.17, 15) is 4.79 Å². The fraction of sp³-hybridized carbons (Fsp3) is 0.500. The molecule has 0 radical (unpaired) electrons. The van der Waals surface area contributed by atoms with E-state index in [1.165, 1.54) is 0 Å². The van der Waals surface area contributed by atoms with Crippen LogP contribution in [0.2, 0.25) is 0 Å². The van der Waals surface area contributed by atoms with Crippen molar-refractivity contribution in [3.05, 3.63) is 34.3 Å². The summed E-state index contributed by atoms with van der Waals surface area (Å²) in [7, 11) is 1.91. The van der Waals surface area contributed by atoms with Crippen LogP contribution in [0.25, 0.3) is 0 Å². The van der Waals surface area contributed by atoms with Crippen LogP contribution < -0.4 is 5.32 Å². The molecule has 0 bridgehead atoms. The molecule has 1 amide bonds. The maximum atomic E-state index is 12.5. The molecule has 1 saturated heterocycles. The van der Waals surface area contributed by atoms with E-state index in [2.05, 4.69) is 21.2 Å². The van der Waals surface area contributed by atoms with Crippen LogP contribution in [0.15, 0.2) is 28.7 Å². The molecule has 1 fully saturated rings. The molecule has 1 N–H and O–H groups in total. The van der Waals surface area contributed by atoms with Gasteiger partial charge < -0.3 is 10.2 Å². The molecule has 1 aliphatic rings. The second-order valence-electron chi connectivity index (χ2n) is 4.73. The molecule has 0 aliphatic carbocycles. The summed E-state index contributed by atoms with van der Waals surface area (Å²) in [6, 6.07) is 7.96. The Morgan fingerprint density at radius 1 is 1.32 bits per heavy atom. The molecule has 106 valence electrons. The molecule has 1 aromatic rings. The van der Waals surface area contributed by atoms with Crippen molar-refractivity contribution in [2.24, 2.45) is 0 Å². The quantitative estimate of drug-likeness (QED) is 0.891. The molecule has 1 aliphatic heterocycles. The van der Waals surface area contributed by atoms with Gasteiger partial charge in [-0.05, 0) is 60.4 Å². The number of nitrogens with one attached hydrogen (secondary N) is 1. The average Bonchev–Trinajstić information content (AvgIpc) is 2.66. The Bertz CT molecular complexity index is 420. The van der Waals surface area contributed by atoms with Gasteiger partial charge in [-0.1, -0.05) is 12.1 Å². The third-order valence-corrected chi connectivity index (χ3v) is 4.21. The first-order chi connectivity index (χ1) is 8.70. The number of hydrogen-bond donors (Lipinski definition) is 1. The lowest BCUT2D eigenvalue weighted by Crippen LogP contribution is -2.37. The maximum absolute atomic E-state index is 12.5. The third-order valence-electron chi connectivity index (χ3n) is 3.52. The molecule has 3 nitrogen and oxygen atoms in total. The monoisotopic (exact) mass is 346 g/mol. The smallest absolute Gasteiger partial charge is 0.254 e. The molecular formula is C14H20BrClN2O. The van der Waals surface area contributed by atoms with E-state index in [4.69, 9.17) is 0 Å². The molecule has 19 heavy (non-hydrogen) atoms. The van der Waals surface area contributed by atoms with Gasteiger partial charge in [0.15, 0.2) is 0 Å². The molecule has 1 aromatic carbocycles. The summed E-state index contributed by atoms with van der Waals surface area (Å²) in [6.07, 6.45) is 3.25. The second kappa shape index (κ2) is 7.88. The van der Waals surface area contributed by atoms with E-state index in [1.807, 2.05) is 36.2 Å². The predicted octanol–water partition coefficient (Wildman–Crippen LogP) is 3.09. The van der Waals surface area contributed by atoms with Gasteiger partial charge in [-0.3, -0.25) is 4.79 Å². The lowest BCUT2D eigenvalue weighted by atomic mass is 10.1. The minimum absolute atomic E-state index is 0. The van der Waals surface area contributed by atoms with E-state index < -0.39 is 0 Å². The van der Waals surface area contributed by atoms with Gasteiger partial charge in [-0.15, -0.1) is 12.4 Å². The minimum Gasteiger partial charge on any atom is -0.339 e. The van der Waals surface area contributed by atoms with Crippen molar-refractivity contribution in [2.45, 2.75) is 25.3 Å². The van der Waals surface area contributed by atoms with Crippen molar-refractivity contribution >= 4 is 34.2 Å². The van der Waals surface area contributed by atoms with Gasteiger partial charge in [0.1, 0.15) is 0 Å². The Labute approximate surface area is 129 Å². The van der Waals surface area contributed by atoms with Crippen molar-refractivity contribution in [1.29, 1.82) is 0 Å². The zero-order valence-corrected chi connectivity index (χ0v) is 13.5. The van der Waals surface area contributed by atoms with E-state index >= 15 is 0 Å². The normalized spacial score (nSPS) is 19.2. The number of hydrogen-bond acceptors (Lipinski definition) is 2. The number of benzene rings is 1. The Morgan fingerprint density at radius 2 is 2.05 bits per heavy atom. The average molecular weight is 348 g/mol. The number of carbonyl (C=O) groups is 1. The van der Waals surface area contributed by atoms with Gasteiger partial charge >= 0.3 is 0 Å². The summed E-state index contributed by atoms with van der Waals surface area (Å²) >= 11 is 3.44. The Hall–Kier alpha value is -0.580. The lowest BCUT2D eigenvalue weighted by Gasteiger charge is -2.27. The van der Waals surface area contributed by atoms with E-state index in [0.717, 1.165) is 42.4 Å². The van der Waals surface area contributed by atoms with Crippen LogP contribution in [0.3, 0.4) is 0 Å². The van der Waals surface area contributed by atoms with Crippen molar-refractivity contribution < 1.29 is 4.79 Å². The van der Waals surface area contributed by atoms with Gasteiger partial charge in [0.05, 0.1) is 5.56 Å². The van der Waals surface area contributed by atoms with Crippen LogP contribution in [-0.2, 0) is 0 Å². The highest BCUT2D eigenvalue weighted by Gasteiger charge is 2.23. The summed E-state index contributed by atoms with van der Waals surface area (Å²) < 4.78 is 0.869. The Kier molecular flexibility index (Phi) is 6.83. The van der Waals surface area contributed by atoms with Gasteiger partial charge in [-0.2, -0.15) is 0 Å². The van der Waals surface area contributed by atoms with E-state index in [0.29, 0.717) is 6.04 Å². The first-order valence-corrected chi connectivity index (χ1v) is 7.22. The van der Waals surface area contributed by atoms with Gasteiger partial charge in [0.2, 0.25) is 0 Å². The van der Waals surface area contributed by atoms with Gasteiger partial charge in [-0.25, -0.2) is 0 Å². The molecule has 1 heterocycles. The first kappa shape index (κ1) is 16.5. The van der Waals surface area contributed by atoms with E-state index in [-0.39, 0.29) is 18.3 Å². The molecule has 2 rings (SSSR count). The van der Waals surface area contributed by atoms with Crippen LogP contribution in [-0.4, -0.2) is 37.0 Å². The standard InChI is InChI=1S/C14H19BrN2O.ClH/c1-17(11-5-4-9-16-10-8-11)14(18)12-6-2-3-7-13(12)15;/h2-3,6-7,11,16H,4-5,8-10H2,1H3;1H. The zero-order valence-electron chi connectivity index (χ0n) is 11.1. The van der Waals surface area contributed by atoms with Crippen LogP contribution >= 0.6 is 28.3 Å². The largest absolute Gasteiger partial charge is 0.339 e. The zero-order chi connectivity index (χ0) is 13.0. The molecule has 0 spiro atoms. The van der Waals surface area contributed by atoms with Gasteiger partial charge in [0, 0.05) is 17.6 Å². The summed E-state index contributed by atoms with van der Waals surface area (Å²) in [4.78, 5) is 14.3.